The minimum absolute atomic E-state index is 0.0208. The van der Waals surface area contributed by atoms with Crippen molar-refractivity contribution in [3.05, 3.63) is 0 Å². The maximum Gasteiger partial charge on any atom is 0.245 e. The molecule has 0 aromatic carbocycles. The number of amides is 2. The molecule has 2 aliphatic heterocycles. The van der Waals surface area contributed by atoms with Crippen LogP contribution < -0.4 is 5.32 Å². The summed E-state index contributed by atoms with van der Waals surface area (Å²) in [4.78, 5) is 26.3. The number of ether oxygens (including phenoxy) is 1. The Kier molecular flexibility index (Phi) is 5.02. The molecule has 2 aliphatic rings. The molecule has 2 saturated heterocycles. The minimum Gasteiger partial charge on any atom is -0.373 e. The summed E-state index contributed by atoms with van der Waals surface area (Å²) in [5, 5.41) is 2.85. The molecule has 2 fully saturated rings. The van der Waals surface area contributed by atoms with Crippen LogP contribution in [0.1, 0.15) is 52.9 Å². The summed E-state index contributed by atoms with van der Waals surface area (Å²) >= 11 is 0. The lowest BCUT2D eigenvalue weighted by molar-refractivity contribution is -0.137. The lowest BCUT2D eigenvalue weighted by Gasteiger charge is -2.31. The molecular formula is C15H26N2O3. The van der Waals surface area contributed by atoms with Gasteiger partial charge in [-0.3, -0.25) is 9.59 Å². The monoisotopic (exact) mass is 282 g/mol. The minimum atomic E-state index is -0.365. The maximum absolute atomic E-state index is 12.6. The topological polar surface area (TPSA) is 58.6 Å². The first-order valence-corrected chi connectivity index (χ1v) is 7.76. The Morgan fingerprint density at radius 3 is 2.65 bits per heavy atom. The molecule has 0 aromatic rings. The van der Waals surface area contributed by atoms with Crippen LogP contribution >= 0.6 is 0 Å². The first kappa shape index (κ1) is 15.3. The van der Waals surface area contributed by atoms with Gasteiger partial charge in [0, 0.05) is 19.0 Å². The zero-order valence-corrected chi connectivity index (χ0v) is 12.7. The average molecular weight is 282 g/mol. The van der Waals surface area contributed by atoms with Crippen LogP contribution in [-0.2, 0) is 14.3 Å². The first-order valence-electron chi connectivity index (χ1n) is 7.76. The number of nitrogens with zero attached hydrogens (tertiary/aromatic N) is 1. The molecule has 0 radical (unpaired) electrons. The molecule has 1 N–H and O–H groups in total. The molecule has 5 nitrogen and oxygen atoms in total. The predicted octanol–water partition coefficient (Wildman–Crippen LogP) is 1.46. The molecule has 0 saturated carbocycles. The number of hydrogen-bond donors (Lipinski definition) is 1. The fourth-order valence-electron chi connectivity index (χ4n) is 3.10. The van der Waals surface area contributed by atoms with E-state index in [0.717, 1.165) is 19.3 Å². The molecule has 2 rings (SSSR count). The van der Waals surface area contributed by atoms with Gasteiger partial charge in [0.15, 0.2) is 0 Å². The molecule has 4 atom stereocenters. The third kappa shape index (κ3) is 3.51. The van der Waals surface area contributed by atoms with Crippen molar-refractivity contribution < 1.29 is 14.3 Å². The van der Waals surface area contributed by atoms with E-state index < -0.39 is 0 Å². The van der Waals surface area contributed by atoms with Gasteiger partial charge in [0.25, 0.3) is 0 Å². The molecule has 5 heteroatoms. The second kappa shape index (κ2) is 6.57. The van der Waals surface area contributed by atoms with Crippen LogP contribution in [0.15, 0.2) is 0 Å². The lowest BCUT2D eigenvalue weighted by Crippen LogP contribution is -2.48. The SMILES string of the molecule is CCCC1NC(=O)CC(C)N(CC2CCC(C)O2)C1=O. The van der Waals surface area contributed by atoms with Crippen LogP contribution in [0, 0.1) is 0 Å². The summed E-state index contributed by atoms with van der Waals surface area (Å²) in [6, 6.07) is -0.417. The van der Waals surface area contributed by atoms with E-state index in [4.69, 9.17) is 4.74 Å². The molecule has 0 aliphatic carbocycles. The summed E-state index contributed by atoms with van der Waals surface area (Å²) in [5.41, 5.74) is 0. The summed E-state index contributed by atoms with van der Waals surface area (Å²) in [5.74, 6) is 0.0286. The molecule has 114 valence electrons. The predicted molar refractivity (Wildman–Crippen MR) is 76.2 cm³/mol. The molecule has 2 heterocycles. The van der Waals surface area contributed by atoms with Gasteiger partial charge in [0.1, 0.15) is 6.04 Å². The second-order valence-electron chi connectivity index (χ2n) is 6.10. The van der Waals surface area contributed by atoms with E-state index in [1.807, 2.05) is 18.7 Å². The van der Waals surface area contributed by atoms with Gasteiger partial charge < -0.3 is 15.0 Å². The molecular weight excluding hydrogens is 256 g/mol. The number of nitrogens with one attached hydrogen (secondary N) is 1. The second-order valence-corrected chi connectivity index (χ2v) is 6.10. The Morgan fingerprint density at radius 2 is 2.05 bits per heavy atom. The van der Waals surface area contributed by atoms with Crippen molar-refractivity contribution in [1.29, 1.82) is 0 Å². The van der Waals surface area contributed by atoms with E-state index in [2.05, 4.69) is 12.2 Å². The smallest absolute Gasteiger partial charge is 0.245 e. The molecule has 0 spiro atoms. The third-order valence-electron chi connectivity index (χ3n) is 4.23. The van der Waals surface area contributed by atoms with Crippen molar-refractivity contribution in [2.24, 2.45) is 0 Å². The molecule has 0 bridgehead atoms. The van der Waals surface area contributed by atoms with Gasteiger partial charge in [-0.25, -0.2) is 0 Å². The highest BCUT2D eigenvalue weighted by atomic mass is 16.5. The van der Waals surface area contributed by atoms with E-state index in [9.17, 15) is 9.59 Å². The number of carbonyl (C=O) groups excluding carboxylic acids is 2. The Balaban J connectivity index is 2.06. The maximum atomic E-state index is 12.6. The summed E-state index contributed by atoms with van der Waals surface area (Å²) in [7, 11) is 0. The Morgan fingerprint density at radius 1 is 1.30 bits per heavy atom. The van der Waals surface area contributed by atoms with Crippen LogP contribution in [0.2, 0.25) is 0 Å². The summed E-state index contributed by atoms with van der Waals surface area (Å²) < 4.78 is 5.82. The van der Waals surface area contributed by atoms with E-state index in [0.29, 0.717) is 19.4 Å². The van der Waals surface area contributed by atoms with Crippen LogP contribution in [-0.4, -0.2) is 47.6 Å². The van der Waals surface area contributed by atoms with Crippen molar-refractivity contribution in [3.63, 3.8) is 0 Å². The molecule has 4 unspecified atom stereocenters. The van der Waals surface area contributed by atoms with Crippen LogP contribution in [0.4, 0.5) is 0 Å². The van der Waals surface area contributed by atoms with Gasteiger partial charge in [-0.05, 0) is 33.1 Å². The van der Waals surface area contributed by atoms with Gasteiger partial charge in [-0.2, -0.15) is 0 Å². The highest BCUT2D eigenvalue weighted by Crippen LogP contribution is 2.22. The molecule has 20 heavy (non-hydrogen) atoms. The largest absolute Gasteiger partial charge is 0.373 e. The van der Waals surface area contributed by atoms with Crippen molar-refractivity contribution in [2.75, 3.05) is 6.54 Å². The summed E-state index contributed by atoms with van der Waals surface area (Å²) in [6.45, 7) is 6.65. The highest BCUT2D eigenvalue weighted by Gasteiger charge is 2.35. The van der Waals surface area contributed by atoms with Gasteiger partial charge in [0.2, 0.25) is 11.8 Å². The lowest BCUT2D eigenvalue weighted by atomic mass is 10.1. The van der Waals surface area contributed by atoms with Gasteiger partial charge in [-0.1, -0.05) is 13.3 Å². The fraction of sp³-hybridized carbons (Fsp3) is 0.867. The van der Waals surface area contributed by atoms with Crippen LogP contribution in [0.5, 0.6) is 0 Å². The first-order chi connectivity index (χ1) is 9.51. The zero-order valence-electron chi connectivity index (χ0n) is 12.7. The number of carbonyl (C=O) groups is 2. The van der Waals surface area contributed by atoms with Crippen molar-refractivity contribution in [3.8, 4) is 0 Å². The van der Waals surface area contributed by atoms with Crippen molar-refractivity contribution >= 4 is 11.8 Å². The van der Waals surface area contributed by atoms with Gasteiger partial charge in [-0.15, -0.1) is 0 Å². The van der Waals surface area contributed by atoms with Crippen LogP contribution in [0.3, 0.4) is 0 Å². The number of hydrogen-bond acceptors (Lipinski definition) is 3. The van der Waals surface area contributed by atoms with Crippen molar-refractivity contribution in [2.45, 2.75) is 77.2 Å². The van der Waals surface area contributed by atoms with Gasteiger partial charge >= 0.3 is 0 Å². The molecule has 0 aromatic heterocycles. The standard InChI is InChI=1S/C15H26N2O3/c1-4-5-13-15(19)17(10(2)8-14(18)16-13)9-12-7-6-11(3)20-12/h10-13H,4-9H2,1-3H3,(H,16,18). The fourth-order valence-corrected chi connectivity index (χ4v) is 3.10. The third-order valence-corrected chi connectivity index (χ3v) is 4.23. The van der Waals surface area contributed by atoms with E-state index in [1.54, 1.807) is 0 Å². The Bertz CT molecular complexity index is 372. The van der Waals surface area contributed by atoms with Crippen molar-refractivity contribution in [1.82, 2.24) is 10.2 Å². The van der Waals surface area contributed by atoms with E-state index >= 15 is 0 Å². The van der Waals surface area contributed by atoms with Crippen LogP contribution in [0.25, 0.3) is 0 Å². The Hall–Kier alpha value is -1.10. The number of rotatable bonds is 4. The Labute approximate surface area is 121 Å². The summed E-state index contributed by atoms with van der Waals surface area (Å²) in [6.07, 6.45) is 4.42. The quantitative estimate of drug-likeness (QED) is 0.849. The van der Waals surface area contributed by atoms with E-state index in [1.165, 1.54) is 0 Å². The average Bonchev–Trinajstić information content (AvgIpc) is 2.76. The molecule has 2 amide bonds. The highest BCUT2D eigenvalue weighted by molar-refractivity contribution is 5.90. The normalized spacial score (nSPS) is 35.0. The van der Waals surface area contributed by atoms with E-state index in [-0.39, 0.29) is 36.1 Å². The van der Waals surface area contributed by atoms with Gasteiger partial charge in [0.05, 0.1) is 12.2 Å². The zero-order chi connectivity index (χ0) is 14.7.